The van der Waals surface area contributed by atoms with Crippen molar-refractivity contribution in [3.05, 3.63) is 0 Å². The molecule has 0 amide bonds. The van der Waals surface area contributed by atoms with Gasteiger partial charge in [-0.25, -0.2) is 0 Å². The molecule has 1 rings (SSSR count). The van der Waals surface area contributed by atoms with Crippen molar-refractivity contribution in [3.8, 4) is 0 Å². The van der Waals surface area contributed by atoms with Crippen LogP contribution in [-0.4, -0.2) is 49.6 Å². The van der Waals surface area contributed by atoms with Crippen molar-refractivity contribution in [2.24, 2.45) is 11.8 Å². The summed E-state index contributed by atoms with van der Waals surface area (Å²) in [5.41, 5.74) is 0. The summed E-state index contributed by atoms with van der Waals surface area (Å²) in [4.78, 5) is 2.56. The summed E-state index contributed by atoms with van der Waals surface area (Å²) in [5.74, 6) is 3.02. The van der Waals surface area contributed by atoms with E-state index in [0.29, 0.717) is 0 Å². The Hall–Kier alpha value is 0.270. The van der Waals surface area contributed by atoms with Gasteiger partial charge in [0.25, 0.3) is 0 Å². The first-order valence-corrected chi connectivity index (χ1v) is 7.48. The Kier molecular flexibility index (Phi) is 6.02. The first-order valence-electron chi connectivity index (χ1n) is 6.08. The zero-order valence-electron chi connectivity index (χ0n) is 10.6. The molecule has 1 heterocycles. The van der Waals surface area contributed by atoms with Gasteiger partial charge in [0.1, 0.15) is 0 Å². The van der Waals surface area contributed by atoms with Crippen LogP contribution in [0.2, 0.25) is 0 Å². The smallest absolute Gasteiger partial charge is 0.0180 e. The lowest BCUT2D eigenvalue weighted by Crippen LogP contribution is -2.49. The van der Waals surface area contributed by atoms with Crippen molar-refractivity contribution in [1.29, 1.82) is 0 Å². The predicted octanol–water partition coefficient (Wildman–Crippen LogP) is 1.92. The Balaban J connectivity index is 2.27. The highest BCUT2D eigenvalue weighted by molar-refractivity contribution is 7.98. The van der Waals surface area contributed by atoms with E-state index in [9.17, 15) is 0 Å². The van der Waals surface area contributed by atoms with Crippen LogP contribution >= 0.6 is 11.8 Å². The van der Waals surface area contributed by atoms with Gasteiger partial charge in [0.05, 0.1) is 0 Å². The van der Waals surface area contributed by atoms with Crippen LogP contribution in [0.25, 0.3) is 0 Å². The lowest BCUT2D eigenvalue weighted by atomic mass is 9.88. The molecule has 0 aliphatic carbocycles. The van der Waals surface area contributed by atoms with Crippen molar-refractivity contribution in [2.75, 3.05) is 38.7 Å². The van der Waals surface area contributed by atoms with E-state index >= 15 is 0 Å². The highest BCUT2D eigenvalue weighted by Crippen LogP contribution is 2.18. The van der Waals surface area contributed by atoms with E-state index in [1.165, 1.54) is 31.8 Å². The zero-order valence-corrected chi connectivity index (χ0v) is 11.4. The molecule has 2 nitrogen and oxygen atoms in total. The van der Waals surface area contributed by atoms with Gasteiger partial charge in [-0.1, -0.05) is 13.8 Å². The van der Waals surface area contributed by atoms with Gasteiger partial charge in [0, 0.05) is 18.3 Å². The maximum atomic E-state index is 3.36. The molecular weight excluding hydrogens is 204 g/mol. The van der Waals surface area contributed by atoms with E-state index in [4.69, 9.17) is 0 Å². The van der Waals surface area contributed by atoms with Gasteiger partial charge in [0.15, 0.2) is 0 Å². The monoisotopic (exact) mass is 230 g/mol. The fourth-order valence-corrected chi connectivity index (χ4v) is 3.09. The standard InChI is InChI=1S/C12H26N2S/c1-5-12(9-15-4)14(3)8-10(2)11-6-13-7-11/h10-13H,5-9H2,1-4H3. The average Bonchev–Trinajstić information content (AvgIpc) is 2.10. The number of nitrogens with zero attached hydrogens (tertiary/aromatic N) is 1. The van der Waals surface area contributed by atoms with E-state index in [1.54, 1.807) is 0 Å². The van der Waals surface area contributed by atoms with Gasteiger partial charge in [-0.05, 0) is 44.6 Å². The van der Waals surface area contributed by atoms with Crippen LogP contribution < -0.4 is 5.32 Å². The van der Waals surface area contributed by atoms with Crippen molar-refractivity contribution in [3.63, 3.8) is 0 Å². The van der Waals surface area contributed by atoms with Gasteiger partial charge >= 0.3 is 0 Å². The topological polar surface area (TPSA) is 15.3 Å². The van der Waals surface area contributed by atoms with Crippen molar-refractivity contribution >= 4 is 11.8 Å². The number of hydrogen-bond donors (Lipinski definition) is 1. The Morgan fingerprint density at radius 2 is 2.13 bits per heavy atom. The second kappa shape index (κ2) is 6.77. The largest absolute Gasteiger partial charge is 0.316 e. The lowest BCUT2D eigenvalue weighted by Gasteiger charge is -2.37. The zero-order chi connectivity index (χ0) is 11.3. The highest BCUT2D eigenvalue weighted by atomic mass is 32.2. The number of hydrogen-bond acceptors (Lipinski definition) is 3. The fraction of sp³-hybridized carbons (Fsp3) is 1.00. The van der Waals surface area contributed by atoms with Crippen LogP contribution in [0.5, 0.6) is 0 Å². The van der Waals surface area contributed by atoms with Gasteiger partial charge < -0.3 is 10.2 Å². The molecule has 2 atom stereocenters. The third-order valence-electron chi connectivity index (χ3n) is 3.65. The third kappa shape index (κ3) is 3.97. The maximum Gasteiger partial charge on any atom is 0.0180 e. The first-order chi connectivity index (χ1) is 7.19. The summed E-state index contributed by atoms with van der Waals surface area (Å²) in [6, 6.07) is 0.760. The second-order valence-electron chi connectivity index (χ2n) is 4.85. The van der Waals surface area contributed by atoms with Crippen LogP contribution in [0.3, 0.4) is 0 Å². The molecule has 0 aromatic rings. The molecule has 0 saturated carbocycles. The third-order valence-corrected chi connectivity index (χ3v) is 4.37. The van der Waals surface area contributed by atoms with Crippen molar-refractivity contribution in [1.82, 2.24) is 10.2 Å². The number of nitrogens with one attached hydrogen (secondary N) is 1. The molecule has 3 heteroatoms. The Bertz CT molecular complexity index is 171. The van der Waals surface area contributed by atoms with Crippen LogP contribution in [0.1, 0.15) is 20.3 Å². The first kappa shape index (κ1) is 13.3. The van der Waals surface area contributed by atoms with Crippen LogP contribution in [0.4, 0.5) is 0 Å². The Labute approximate surface area is 99.2 Å². The highest BCUT2D eigenvalue weighted by Gasteiger charge is 2.25. The molecule has 1 fully saturated rings. The molecule has 0 bridgehead atoms. The number of thioether (sulfide) groups is 1. The summed E-state index contributed by atoms with van der Waals surface area (Å²) in [6.07, 6.45) is 3.47. The van der Waals surface area contributed by atoms with Gasteiger partial charge in [-0.3, -0.25) is 0 Å². The van der Waals surface area contributed by atoms with Crippen LogP contribution in [-0.2, 0) is 0 Å². The fourth-order valence-electron chi connectivity index (χ4n) is 2.21. The van der Waals surface area contributed by atoms with Crippen molar-refractivity contribution < 1.29 is 0 Å². The van der Waals surface area contributed by atoms with E-state index < -0.39 is 0 Å². The van der Waals surface area contributed by atoms with Gasteiger partial charge in [-0.2, -0.15) is 11.8 Å². The summed E-state index contributed by atoms with van der Waals surface area (Å²) >= 11 is 1.96. The predicted molar refractivity (Wildman–Crippen MR) is 70.6 cm³/mol. The molecule has 2 unspecified atom stereocenters. The minimum Gasteiger partial charge on any atom is -0.316 e. The molecule has 15 heavy (non-hydrogen) atoms. The average molecular weight is 230 g/mol. The molecule has 1 aliphatic heterocycles. The molecular formula is C12H26N2S. The van der Waals surface area contributed by atoms with E-state index in [1.807, 2.05) is 11.8 Å². The summed E-state index contributed by atoms with van der Waals surface area (Å²) in [5, 5.41) is 3.36. The molecule has 1 aliphatic rings. The van der Waals surface area contributed by atoms with E-state index in [2.05, 4.69) is 37.4 Å². The normalized spacial score (nSPS) is 21.4. The molecule has 0 aromatic carbocycles. The lowest BCUT2D eigenvalue weighted by molar-refractivity contribution is 0.159. The molecule has 90 valence electrons. The summed E-state index contributed by atoms with van der Waals surface area (Å²) in [6.45, 7) is 8.41. The van der Waals surface area contributed by atoms with Crippen LogP contribution in [0.15, 0.2) is 0 Å². The maximum absolute atomic E-state index is 3.36. The number of rotatable bonds is 7. The second-order valence-corrected chi connectivity index (χ2v) is 5.76. The summed E-state index contributed by atoms with van der Waals surface area (Å²) in [7, 11) is 2.28. The molecule has 0 aromatic heterocycles. The summed E-state index contributed by atoms with van der Waals surface area (Å²) < 4.78 is 0. The van der Waals surface area contributed by atoms with Gasteiger partial charge in [0.2, 0.25) is 0 Å². The van der Waals surface area contributed by atoms with E-state index in [-0.39, 0.29) is 0 Å². The molecule has 1 saturated heterocycles. The SMILES string of the molecule is CCC(CSC)N(C)CC(C)C1CNC1. The van der Waals surface area contributed by atoms with E-state index in [0.717, 1.165) is 17.9 Å². The minimum absolute atomic E-state index is 0.760. The molecule has 1 N–H and O–H groups in total. The molecule has 0 spiro atoms. The van der Waals surface area contributed by atoms with Crippen LogP contribution in [0, 0.1) is 11.8 Å². The Morgan fingerprint density at radius 1 is 1.47 bits per heavy atom. The molecule has 0 radical (unpaired) electrons. The Morgan fingerprint density at radius 3 is 2.53 bits per heavy atom. The quantitative estimate of drug-likeness (QED) is 0.719. The van der Waals surface area contributed by atoms with Crippen molar-refractivity contribution in [2.45, 2.75) is 26.3 Å². The minimum atomic E-state index is 0.760. The van der Waals surface area contributed by atoms with Gasteiger partial charge in [-0.15, -0.1) is 0 Å².